The second kappa shape index (κ2) is 8.56. The van der Waals surface area contributed by atoms with Crippen LogP contribution in [0.5, 0.6) is 0 Å². The molecule has 0 aromatic heterocycles. The van der Waals surface area contributed by atoms with Gasteiger partial charge in [-0.2, -0.15) is 5.26 Å². The second-order valence-electron chi connectivity index (χ2n) is 7.07. The smallest absolute Gasteiger partial charge is 0.302 e. The molecule has 0 unspecified atom stereocenters. The molecule has 0 radical (unpaired) electrons. The molecule has 1 heterocycles. The number of esters is 1. The zero-order chi connectivity index (χ0) is 19.3. The fraction of sp³-hybridized carbons (Fsp3) is 0.364. The van der Waals surface area contributed by atoms with Gasteiger partial charge in [-0.15, -0.1) is 0 Å². The van der Waals surface area contributed by atoms with E-state index in [1.807, 2.05) is 54.6 Å². The molecule has 0 amide bonds. The van der Waals surface area contributed by atoms with Crippen LogP contribution in [0, 0.1) is 11.3 Å². The SMILES string of the molecule is CC(=O)OC[C@H]1C[C@](C#N)(c2ccccc2)CCN1Cc1ccc(Cl)cc1. The van der Waals surface area contributed by atoms with E-state index in [2.05, 4.69) is 11.0 Å². The summed E-state index contributed by atoms with van der Waals surface area (Å²) in [6.45, 7) is 3.21. The van der Waals surface area contributed by atoms with Crippen LogP contribution < -0.4 is 0 Å². The molecule has 140 valence electrons. The molecule has 3 rings (SSSR count). The number of ether oxygens (including phenoxy) is 1. The molecule has 2 aromatic rings. The van der Waals surface area contributed by atoms with Crippen LogP contribution in [0.25, 0.3) is 0 Å². The van der Waals surface area contributed by atoms with Crippen molar-refractivity contribution in [1.82, 2.24) is 4.90 Å². The molecule has 1 saturated heterocycles. The molecule has 0 aliphatic carbocycles. The topological polar surface area (TPSA) is 53.3 Å². The third kappa shape index (κ3) is 4.68. The van der Waals surface area contributed by atoms with E-state index in [0.29, 0.717) is 18.1 Å². The van der Waals surface area contributed by atoms with E-state index in [0.717, 1.165) is 30.6 Å². The number of nitriles is 1. The van der Waals surface area contributed by atoms with Crippen LogP contribution >= 0.6 is 11.6 Å². The normalized spacial score (nSPS) is 22.8. The van der Waals surface area contributed by atoms with Gasteiger partial charge in [0.1, 0.15) is 6.61 Å². The summed E-state index contributed by atoms with van der Waals surface area (Å²) in [5.41, 5.74) is 1.63. The Kier molecular flexibility index (Phi) is 6.15. The zero-order valence-electron chi connectivity index (χ0n) is 15.4. The van der Waals surface area contributed by atoms with E-state index in [1.54, 1.807) is 0 Å². The Morgan fingerprint density at radius 3 is 2.59 bits per heavy atom. The van der Waals surface area contributed by atoms with Crippen molar-refractivity contribution < 1.29 is 9.53 Å². The molecule has 2 atom stereocenters. The van der Waals surface area contributed by atoms with Crippen molar-refractivity contribution in [3.05, 3.63) is 70.7 Å². The minimum absolute atomic E-state index is 0.0156. The summed E-state index contributed by atoms with van der Waals surface area (Å²) in [6, 6.07) is 20.2. The van der Waals surface area contributed by atoms with Gasteiger partial charge in [-0.3, -0.25) is 9.69 Å². The summed E-state index contributed by atoms with van der Waals surface area (Å²) in [5, 5.41) is 10.7. The first-order chi connectivity index (χ1) is 13.0. The van der Waals surface area contributed by atoms with Crippen molar-refractivity contribution in [3.63, 3.8) is 0 Å². The van der Waals surface area contributed by atoms with Gasteiger partial charge >= 0.3 is 5.97 Å². The number of halogens is 1. The van der Waals surface area contributed by atoms with Crippen molar-refractivity contribution in [2.24, 2.45) is 0 Å². The molecule has 1 aliphatic rings. The standard InChI is InChI=1S/C22H23ClN2O2/c1-17(26)27-15-21-13-22(16-24,19-5-3-2-4-6-19)11-12-25(21)14-18-7-9-20(23)10-8-18/h2-10,21H,11-15H2,1H3/t21-,22-/m1/s1. The Labute approximate surface area is 165 Å². The molecule has 2 aromatic carbocycles. The average Bonchev–Trinajstić information content (AvgIpc) is 2.69. The van der Waals surface area contributed by atoms with Gasteiger partial charge in [0.2, 0.25) is 0 Å². The maximum Gasteiger partial charge on any atom is 0.302 e. The van der Waals surface area contributed by atoms with Gasteiger partial charge in [-0.25, -0.2) is 0 Å². The summed E-state index contributed by atoms with van der Waals surface area (Å²) < 4.78 is 5.33. The summed E-state index contributed by atoms with van der Waals surface area (Å²) in [4.78, 5) is 13.7. The molecule has 5 heteroatoms. The first-order valence-electron chi connectivity index (χ1n) is 9.11. The van der Waals surface area contributed by atoms with Crippen LogP contribution in [-0.2, 0) is 21.5 Å². The van der Waals surface area contributed by atoms with Crippen LogP contribution in [-0.4, -0.2) is 30.1 Å². The maximum absolute atomic E-state index is 11.4. The highest BCUT2D eigenvalue weighted by Crippen LogP contribution is 2.38. The molecule has 27 heavy (non-hydrogen) atoms. The third-order valence-corrected chi connectivity index (χ3v) is 5.50. The van der Waals surface area contributed by atoms with Crippen LogP contribution in [0.3, 0.4) is 0 Å². The van der Waals surface area contributed by atoms with Crippen LogP contribution in [0.2, 0.25) is 5.02 Å². The summed E-state index contributed by atoms with van der Waals surface area (Å²) in [6.07, 6.45) is 1.38. The zero-order valence-corrected chi connectivity index (χ0v) is 16.2. The minimum Gasteiger partial charge on any atom is -0.464 e. The van der Waals surface area contributed by atoms with Crippen LogP contribution in [0.15, 0.2) is 54.6 Å². The number of hydrogen-bond acceptors (Lipinski definition) is 4. The Morgan fingerprint density at radius 1 is 1.26 bits per heavy atom. The molecule has 1 fully saturated rings. The Morgan fingerprint density at radius 2 is 1.96 bits per heavy atom. The van der Waals surface area contributed by atoms with Gasteiger partial charge in [0.15, 0.2) is 0 Å². The Hall–Kier alpha value is -2.35. The van der Waals surface area contributed by atoms with Crippen molar-refractivity contribution in [1.29, 1.82) is 5.26 Å². The van der Waals surface area contributed by atoms with Gasteiger partial charge < -0.3 is 4.74 Å². The number of carbonyl (C=O) groups excluding carboxylic acids is 1. The summed E-state index contributed by atoms with van der Waals surface area (Å²) in [7, 11) is 0. The maximum atomic E-state index is 11.4. The fourth-order valence-electron chi connectivity index (χ4n) is 3.75. The quantitative estimate of drug-likeness (QED) is 0.722. The fourth-order valence-corrected chi connectivity index (χ4v) is 3.87. The molecule has 0 saturated carbocycles. The van der Waals surface area contributed by atoms with Crippen molar-refractivity contribution in [2.45, 2.75) is 37.8 Å². The second-order valence-corrected chi connectivity index (χ2v) is 7.50. The van der Waals surface area contributed by atoms with E-state index < -0.39 is 5.41 Å². The molecule has 1 aliphatic heterocycles. The highest BCUT2D eigenvalue weighted by Gasteiger charge is 2.41. The number of carbonyl (C=O) groups is 1. The lowest BCUT2D eigenvalue weighted by molar-refractivity contribution is -0.143. The number of piperidine rings is 1. The first kappa shape index (κ1) is 19.4. The van der Waals surface area contributed by atoms with Gasteiger partial charge in [0, 0.05) is 31.1 Å². The van der Waals surface area contributed by atoms with Crippen LogP contribution in [0.1, 0.15) is 30.9 Å². The predicted octanol–water partition coefficient (Wildman–Crippen LogP) is 4.33. The van der Waals surface area contributed by atoms with E-state index >= 15 is 0 Å². The molecule has 0 N–H and O–H groups in total. The van der Waals surface area contributed by atoms with E-state index in [4.69, 9.17) is 16.3 Å². The highest BCUT2D eigenvalue weighted by atomic mass is 35.5. The molecular formula is C22H23ClN2O2. The third-order valence-electron chi connectivity index (χ3n) is 5.24. The minimum atomic E-state index is -0.553. The van der Waals surface area contributed by atoms with Gasteiger partial charge in [-0.1, -0.05) is 54.1 Å². The Bertz CT molecular complexity index is 816. The lowest BCUT2D eigenvalue weighted by Gasteiger charge is -2.43. The lowest BCUT2D eigenvalue weighted by Crippen LogP contribution is -2.50. The summed E-state index contributed by atoms with van der Waals surface area (Å²) in [5.74, 6) is -0.297. The number of likely N-dealkylation sites (tertiary alicyclic amines) is 1. The van der Waals surface area contributed by atoms with Crippen LogP contribution in [0.4, 0.5) is 0 Å². The molecule has 0 bridgehead atoms. The number of nitrogens with zero attached hydrogens (tertiary/aromatic N) is 2. The van der Waals surface area contributed by atoms with Crippen molar-refractivity contribution in [3.8, 4) is 6.07 Å². The van der Waals surface area contributed by atoms with Gasteiger partial charge in [-0.05, 0) is 36.1 Å². The van der Waals surface area contributed by atoms with E-state index in [9.17, 15) is 10.1 Å². The van der Waals surface area contributed by atoms with Gasteiger partial charge in [0.05, 0.1) is 11.5 Å². The van der Waals surface area contributed by atoms with E-state index in [-0.39, 0.29) is 12.0 Å². The van der Waals surface area contributed by atoms with Gasteiger partial charge in [0.25, 0.3) is 0 Å². The highest BCUT2D eigenvalue weighted by molar-refractivity contribution is 6.30. The number of rotatable bonds is 5. The largest absolute Gasteiger partial charge is 0.464 e. The lowest BCUT2D eigenvalue weighted by atomic mass is 9.71. The molecule has 0 spiro atoms. The molecule has 4 nitrogen and oxygen atoms in total. The average molecular weight is 383 g/mol. The predicted molar refractivity (Wildman–Crippen MR) is 105 cm³/mol. The monoisotopic (exact) mass is 382 g/mol. The Balaban J connectivity index is 1.82. The summed E-state index contributed by atoms with van der Waals surface area (Å²) >= 11 is 5.98. The van der Waals surface area contributed by atoms with E-state index in [1.165, 1.54) is 6.92 Å². The van der Waals surface area contributed by atoms with Crippen molar-refractivity contribution >= 4 is 17.6 Å². The first-order valence-corrected chi connectivity index (χ1v) is 9.49. The number of benzene rings is 2. The van der Waals surface area contributed by atoms with Crippen molar-refractivity contribution in [2.75, 3.05) is 13.2 Å². The molecular weight excluding hydrogens is 360 g/mol. The number of hydrogen-bond donors (Lipinski definition) is 0.